The fraction of sp³-hybridized carbons (Fsp3) is 0.278. The van der Waals surface area contributed by atoms with Crippen molar-refractivity contribution in [2.45, 2.75) is 0 Å². The predicted octanol–water partition coefficient (Wildman–Crippen LogP) is 3.13. The van der Waals surface area contributed by atoms with Gasteiger partial charge in [-0.2, -0.15) is 0 Å². The summed E-state index contributed by atoms with van der Waals surface area (Å²) in [4.78, 5) is 6.95. The normalized spacial score (nSPS) is 15.2. The summed E-state index contributed by atoms with van der Waals surface area (Å²) in [5.41, 5.74) is 3.32. The Morgan fingerprint density at radius 2 is 1.86 bits per heavy atom. The monoisotopic (exact) mass is 295 g/mol. The zero-order valence-corrected chi connectivity index (χ0v) is 12.8. The van der Waals surface area contributed by atoms with E-state index in [1.54, 1.807) is 0 Å². The van der Waals surface area contributed by atoms with Crippen molar-refractivity contribution < 1.29 is 4.74 Å². The predicted molar refractivity (Wildman–Crippen MR) is 92.2 cm³/mol. The van der Waals surface area contributed by atoms with Gasteiger partial charge in [0.15, 0.2) is 0 Å². The standard InChI is InChI=1S/C18H21N3O/c1-19-18-14-17(21-9-11-22-12-10-21)13-16(20-18)8-7-15-5-3-2-4-6-15/h2-8,13-14H,9-12H2,1H3,(H,19,20)/b8-7+. The highest BCUT2D eigenvalue weighted by Crippen LogP contribution is 2.22. The van der Waals surface area contributed by atoms with Crippen LogP contribution in [0, 0.1) is 0 Å². The Bertz CT molecular complexity index is 634. The first-order chi connectivity index (χ1) is 10.8. The number of morpholine rings is 1. The van der Waals surface area contributed by atoms with Crippen molar-refractivity contribution in [1.29, 1.82) is 0 Å². The molecule has 1 aromatic carbocycles. The molecular weight excluding hydrogens is 274 g/mol. The minimum absolute atomic E-state index is 0.784. The maximum Gasteiger partial charge on any atom is 0.128 e. The van der Waals surface area contributed by atoms with Crippen molar-refractivity contribution in [1.82, 2.24) is 4.98 Å². The lowest BCUT2D eigenvalue weighted by Crippen LogP contribution is -2.36. The molecular formula is C18H21N3O. The Kier molecular flexibility index (Phi) is 4.71. The second kappa shape index (κ2) is 7.09. The van der Waals surface area contributed by atoms with Gasteiger partial charge in [0, 0.05) is 31.9 Å². The summed E-state index contributed by atoms with van der Waals surface area (Å²) in [5.74, 6) is 0.886. The first-order valence-electron chi connectivity index (χ1n) is 7.61. The molecule has 3 rings (SSSR count). The van der Waals surface area contributed by atoms with Crippen LogP contribution in [0.15, 0.2) is 42.5 Å². The molecule has 0 unspecified atom stereocenters. The van der Waals surface area contributed by atoms with Gasteiger partial charge in [0.2, 0.25) is 0 Å². The Hall–Kier alpha value is -2.33. The van der Waals surface area contributed by atoms with Gasteiger partial charge in [-0.05, 0) is 17.7 Å². The van der Waals surface area contributed by atoms with Crippen LogP contribution in [0.25, 0.3) is 12.2 Å². The molecule has 0 aliphatic carbocycles. The minimum Gasteiger partial charge on any atom is -0.378 e. The van der Waals surface area contributed by atoms with Crippen LogP contribution in [-0.2, 0) is 4.74 Å². The van der Waals surface area contributed by atoms with Crippen LogP contribution in [0.4, 0.5) is 11.5 Å². The van der Waals surface area contributed by atoms with E-state index >= 15 is 0 Å². The number of hydrogen-bond donors (Lipinski definition) is 1. The van der Waals surface area contributed by atoms with Crippen LogP contribution >= 0.6 is 0 Å². The van der Waals surface area contributed by atoms with E-state index in [-0.39, 0.29) is 0 Å². The first-order valence-corrected chi connectivity index (χ1v) is 7.61. The number of hydrogen-bond acceptors (Lipinski definition) is 4. The van der Waals surface area contributed by atoms with E-state index in [1.165, 1.54) is 11.3 Å². The number of pyridine rings is 1. The molecule has 4 nitrogen and oxygen atoms in total. The fourth-order valence-corrected chi connectivity index (χ4v) is 2.50. The molecule has 1 saturated heterocycles. The van der Waals surface area contributed by atoms with E-state index in [1.807, 2.05) is 25.2 Å². The highest BCUT2D eigenvalue weighted by molar-refractivity contribution is 5.71. The van der Waals surface area contributed by atoms with E-state index < -0.39 is 0 Å². The molecule has 0 spiro atoms. The smallest absolute Gasteiger partial charge is 0.128 e. The topological polar surface area (TPSA) is 37.4 Å². The van der Waals surface area contributed by atoms with Crippen LogP contribution in [-0.4, -0.2) is 38.3 Å². The first kappa shape index (κ1) is 14.6. The van der Waals surface area contributed by atoms with Gasteiger partial charge >= 0.3 is 0 Å². The zero-order valence-electron chi connectivity index (χ0n) is 12.8. The molecule has 2 aromatic rings. The van der Waals surface area contributed by atoms with Crippen molar-refractivity contribution in [2.24, 2.45) is 0 Å². The largest absolute Gasteiger partial charge is 0.378 e. The lowest BCUT2D eigenvalue weighted by atomic mass is 10.2. The van der Waals surface area contributed by atoms with Crippen LogP contribution in [0.5, 0.6) is 0 Å². The number of ether oxygens (including phenoxy) is 1. The molecule has 0 bridgehead atoms. The van der Waals surface area contributed by atoms with Crippen LogP contribution < -0.4 is 10.2 Å². The number of benzene rings is 1. The van der Waals surface area contributed by atoms with Gasteiger partial charge in [0.25, 0.3) is 0 Å². The summed E-state index contributed by atoms with van der Waals surface area (Å²) in [7, 11) is 1.90. The van der Waals surface area contributed by atoms with Crippen molar-refractivity contribution in [3.05, 3.63) is 53.7 Å². The molecule has 1 fully saturated rings. The summed E-state index contributed by atoms with van der Waals surface area (Å²) < 4.78 is 5.43. The van der Waals surface area contributed by atoms with Gasteiger partial charge < -0.3 is 15.0 Å². The van der Waals surface area contributed by atoms with Gasteiger partial charge in [-0.3, -0.25) is 0 Å². The number of rotatable bonds is 4. The molecule has 114 valence electrons. The number of nitrogens with zero attached hydrogens (tertiary/aromatic N) is 2. The Morgan fingerprint density at radius 1 is 1.09 bits per heavy atom. The summed E-state index contributed by atoms with van der Waals surface area (Å²) >= 11 is 0. The van der Waals surface area contributed by atoms with E-state index in [0.29, 0.717) is 0 Å². The molecule has 1 N–H and O–H groups in total. The van der Waals surface area contributed by atoms with Crippen LogP contribution in [0.3, 0.4) is 0 Å². The van der Waals surface area contributed by atoms with Crippen molar-refractivity contribution >= 4 is 23.7 Å². The zero-order chi connectivity index (χ0) is 15.2. The molecule has 0 amide bonds. The molecule has 1 aliphatic heterocycles. The van der Waals surface area contributed by atoms with Gasteiger partial charge in [-0.25, -0.2) is 4.98 Å². The maximum absolute atomic E-state index is 5.43. The molecule has 0 saturated carbocycles. The van der Waals surface area contributed by atoms with Gasteiger partial charge in [-0.15, -0.1) is 0 Å². The minimum atomic E-state index is 0.784. The fourth-order valence-electron chi connectivity index (χ4n) is 2.50. The maximum atomic E-state index is 5.43. The highest BCUT2D eigenvalue weighted by Gasteiger charge is 2.12. The molecule has 22 heavy (non-hydrogen) atoms. The average molecular weight is 295 g/mol. The lowest BCUT2D eigenvalue weighted by molar-refractivity contribution is 0.122. The van der Waals surface area contributed by atoms with E-state index in [0.717, 1.165) is 37.8 Å². The summed E-state index contributed by atoms with van der Waals surface area (Å²) in [6.45, 7) is 3.42. The van der Waals surface area contributed by atoms with Gasteiger partial charge in [-0.1, -0.05) is 36.4 Å². The van der Waals surface area contributed by atoms with Crippen LogP contribution in [0.2, 0.25) is 0 Å². The average Bonchev–Trinajstić information content (AvgIpc) is 2.61. The molecule has 0 atom stereocenters. The molecule has 4 heteroatoms. The third-order valence-corrected chi connectivity index (χ3v) is 3.71. The van der Waals surface area contributed by atoms with Gasteiger partial charge in [0.1, 0.15) is 5.82 Å². The lowest BCUT2D eigenvalue weighted by Gasteiger charge is -2.29. The SMILES string of the molecule is CNc1cc(N2CCOCC2)cc(/C=C/c2ccccc2)n1. The molecule has 0 radical (unpaired) electrons. The van der Waals surface area contributed by atoms with E-state index in [4.69, 9.17) is 4.74 Å². The van der Waals surface area contributed by atoms with Crippen LogP contribution in [0.1, 0.15) is 11.3 Å². The molecule has 2 heterocycles. The summed E-state index contributed by atoms with van der Waals surface area (Å²) in [6, 6.07) is 14.5. The summed E-state index contributed by atoms with van der Waals surface area (Å²) in [5, 5.41) is 3.14. The van der Waals surface area contributed by atoms with Gasteiger partial charge in [0.05, 0.1) is 18.9 Å². The van der Waals surface area contributed by atoms with E-state index in [9.17, 15) is 0 Å². The van der Waals surface area contributed by atoms with Crippen molar-refractivity contribution in [3.63, 3.8) is 0 Å². The third kappa shape index (κ3) is 3.65. The second-order valence-corrected chi connectivity index (χ2v) is 5.23. The molecule has 1 aliphatic rings. The second-order valence-electron chi connectivity index (χ2n) is 5.23. The highest BCUT2D eigenvalue weighted by atomic mass is 16.5. The quantitative estimate of drug-likeness (QED) is 0.940. The summed E-state index contributed by atoms with van der Waals surface area (Å²) in [6.07, 6.45) is 4.14. The third-order valence-electron chi connectivity index (χ3n) is 3.71. The Labute approximate surface area is 131 Å². The number of anilines is 2. The van der Waals surface area contributed by atoms with Crippen molar-refractivity contribution in [2.75, 3.05) is 43.6 Å². The number of nitrogens with one attached hydrogen (secondary N) is 1. The van der Waals surface area contributed by atoms with E-state index in [2.05, 4.69) is 51.6 Å². The Morgan fingerprint density at radius 3 is 2.59 bits per heavy atom. The number of aromatic nitrogens is 1. The van der Waals surface area contributed by atoms with Crippen molar-refractivity contribution in [3.8, 4) is 0 Å². The Balaban J connectivity index is 1.85. The molecule has 1 aromatic heterocycles.